The molecule has 7 nitrogen and oxygen atoms in total. The van der Waals surface area contributed by atoms with Gasteiger partial charge in [0.2, 0.25) is 0 Å². The Hall–Kier alpha value is -1.62. The molecule has 1 saturated heterocycles. The van der Waals surface area contributed by atoms with Crippen molar-refractivity contribution in [3.63, 3.8) is 0 Å². The van der Waals surface area contributed by atoms with Gasteiger partial charge in [0, 0.05) is 13.1 Å². The summed E-state index contributed by atoms with van der Waals surface area (Å²) in [5.41, 5.74) is 1.09. The van der Waals surface area contributed by atoms with Crippen LogP contribution >= 0.6 is 24.0 Å². The molecule has 0 bridgehead atoms. The van der Waals surface area contributed by atoms with Gasteiger partial charge >= 0.3 is 0 Å². The van der Waals surface area contributed by atoms with E-state index in [1.807, 2.05) is 49.4 Å². The fourth-order valence-corrected chi connectivity index (χ4v) is 3.79. The van der Waals surface area contributed by atoms with E-state index in [0.717, 1.165) is 31.0 Å². The van der Waals surface area contributed by atoms with Crippen molar-refractivity contribution in [1.82, 2.24) is 15.5 Å². The minimum Gasteiger partial charge on any atom is -0.468 e. The smallest absolute Gasteiger partial charge is 0.191 e. The molecule has 8 heteroatoms. The first-order valence-corrected chi connectivity index (χ1v) is 11.4. The maximum atomic E-state index is 10.3. The number of guanidine groups is 1. The van der Waals surface area contributed by atoms with E-state index < -0.39 is 6.10 Å². The largest absolute Gasteiger partial charge is 0.468 e. The highest BCUT2D eigenvalue weighted by Gasteiger charge is 2.24. The highest BCUT2D eigenvalue weighted by atomic mass is 127. The number of aliphatic hydroxyl groups excluding tert-OH is 1. The summed E-state index contributed by atoms with van der Waals surface area (Å²) in [6, 6.07) is 14.1. The summed E-state index contributed by atoms with van der Waals surface area (Å²) in [6.07, 6.45) is 4.82. The van der Waals surface area contributed by atoms with Crippen LogP contribution in [-0.4, -0.2) is 61.4 Å². The van der Waals surface area contributed by atoms with E-state index in [-0.39, 0.29) is 43.2 Å². The molecule has 0 saturated carbocycles. The second kappa shape index (κ2) is 15.3. The molecule has 1 aliphatic rings. The molecule has 1 fully saturated rings. The number of nitrogens with zero attached hydrogens (tertiary/aromatic N) is 2. The average Bonchev–Trinajstić information content (AvgIpc) is 3.33. The van der Waals surface area contributed by atoms with Gasteiger partial charge < -0.3 is 24.9 Å². The summed E-state index contributed by atoms with van der Waals surface area (Å²) in [5, 5.41) is 17.0. The topological polar surface area (TPSA) is 82.3 Å². The van der Waals surface area contributed by atoms with Crippen molar-refractivity contribution in [2.75, 3.05) is 39.3 Å². The zero-order valence-corrected chi connectivity index (χ0v) is 21.2. The molecule has 2 aromatic rings. The molecule has 1 aliphatic heterocycles. The van der Waals surface area contributed by atoms with Crippen molar-refractivity contribution in [2.45, 2.75) is 44.9 Å². The first kappa shape index (κ1) is 26.6. The second-order valence-electron chi connectivity index (χ2n) is 7.88. The van der Waals surface area contributed by atoms with E-state index in [1.165, 1.54) is 19.3 Å². The maximum Gasteiger partial charge on any atom is 0.191 e. The molecule has 3 N–H and O–H groups in total. The molecule has 1 aromatic carbocycles. The van der Waals surface area contributed by atoms with Crippen molar-refractivity contribution in [2.24, 2.45) is 4.99 Å². The third-order valence-corrected chi connectivity index (χ3v) is 5.39. The second-order valence-corrected chi connectivity index (χ2v) is 7.88. The van der Waals surface area contributed by atoms with Crippen LogP contribution in [0.15, 0.2) is 58.1 Å². The molecular formula is C24H37IN4O3. The number of ether oxygens (including phenoxy) is 1. The third kappa shape index (κ3) is 9.09. The molecule has 2 atom stereocenters. The van der Waals surface area contributed by atoms with Crippen LogP contribution in [0.4, 0.5) is 0 Å². The fraction of sp³-hybridized carbons (Fsp3) is 0.542. The number of rotatable bonds is 11. The molecule has 3 rings (SSSR count). The Morgan fingerprint density at radius 1 is 1.12 bits per heavy atom. The number of nitrogens with one attached hydrogen (secondary N) is 2. The first-order chi connectivity index (χ1) is 15.3. The van der Waals surface area contributed by atoms with Gasteiger partial charge in [-0.3, -0.25) is 9.89 Å². The monoisotopic (exact) mass is 556 g/mol. The lowest BCUT2D eigenvalue weighted by molar-refractivity contribution is 0.0331. The van der Waals surface area contributed by atoms with Crippen LogP contribution in [-0.2, 0) is 11.3 Å². The summed E-state index contributed by atoms with van der Waals surface area (Å²) in [5.74, 6) is 1.66. The molecule has 178 valence electrons. The predicted octanol–water partition coefficient (Wildman–Crippen LogP) is 3.56. The molecule has 0 spiro atoms. The van der Waals surface area contributed by atoms with E-state index in [4.69, 9.17) is 9.15 Å². The number of aliphatic hydroxyl groups is 1. The number of likely N-dealkylation sites (tertiary alicyclic amines) is 1. The predicted molar refractivity (Wildman–Crippen MR) is 138 cm³/mol. The van der Waals surface area contributed by atoms with Gasteiger partial charge in [-0.1, -0.05) is 36.8 Å². The van der Waals surface area contributed by atoms with Crippen molar-refractivity contribution >= 4 is 29.9 Å². The zero-order valence-electron chi connectivity index (χ0n) is 18.9. The zero-order chi connectivity index (χ0) is 21.7. The van der Waals surface area contributed by atoms with Crippen LogP contribution in [0.1, 0.15) is 43.6 Å². The molecule has 0 amide bonds. The highest BCUT2D eigenvalue weighted by Crippen LogP contribution is 2.24. The fourth-order valence-electron chi connectivity index (χ4n) is 3.79. The summed E-state index contributed by atoms with van der Waals surface area (Å²) >= 11 is 0. The molecular weight excluding hydrogens is 519 g/mol. The number of hydrogen-bond acceptors (Lipinski definition) is 5. The summed E-state index contributed by atoms with van der Waals surface area (Å²) < 4.78 is 11.3. The minimum atomic E-state index is -0.651. The Kier molecular flexibility index (Phi) is 12.7. The van der Waals surface area contributed by atoms with Gasteiger partial charge in [-0.15, -0.1) is 24.0 Å². The van der Waals surface area contributed by atoms with Crippen LogP contribution in [0.25, 0.3) is 0 Å². The van der Waals surface area contributed by atoms with E-state index in [1.54, 1.807) is 6.26 Å². The van der Waals surface area contributed by atoms with Gasteiger partial charge in [-0.05, 0) is 50.6 Å². The van der Waals surface area contributed by atoms with Gasteiger partial charge in [0.25, 0.3) is 0 Å². The molecule has 0 aliphatic carbocycles. The lowest BCUT2D eigenvalue weighted by Crippen LogP contribution is -2.44. The Morgan fingerprint density at radius 2 is 1.91 bits per heavy atom. The number of furan rings is 1. The number of benzene rings is 1. The molecule has 1 aromatic heterocycles. The summed E-state index contributed by atoms with van der Waals surface area (Å²) in [7, 11) is 0. The van der Waals surface area contributed by atoms with Crippen LogP contribution in [0, 0.1) is 0 Å². The standard InChI is InChI=1S/C24H36N4O3.HI/c1-2-25-24(26-16-21(29)19-30-18-20-10-5-3-6-11-20)27-17-22(23-12-9-15-31-23)28-13-7-4-8-14-28;/h3,5-6,9-12,15,21-22,29H,2,4,7-8,13-14,16-19H2,1H3,(H2,25,26,27);1H. The average molecular weight is 556 g/mol. The molecule has 2 unspecified atom stereocenters. The minimum absolute atomic E-state index is 0. The van der Waals surface area contributed by atoms with Gasteiger partial charge in [0.1, 0.15) is 5.76 Å². The number of piperidine rings is 1. The lowest BCUT2D eigenvalue weighted by atomic mass is 10.1. The van der Waals surface area contributed by atoms with E-state index in [9.17, 15) is 5.11 Å². The first-order valence-electron chi connectivity index (χ1n) is 11.4. The van der Waals surface area contributed by atoms with Crippen molar-refractivity contribution < 1.29 is 14.3 Å². The highest BCUT2D eigenvalue weighted by molar-refractivity contribution is 14.0. The number of aliphatic imine (C=N–C) groups is 1. The quantitative estimate of drug-likeness (QED) is 0.223. The van der Waals surface area contributed by atoms with Gasteiger partial charge in [-0.2, -0.15) is 0 Å². The van der Waals surface area contributed by atoms with Crippen molar-refractivity contribution in [1.29, 1.82) is 0 Å². The lowest BCUT2D eigenvalue weighted by Gasteiger charge is -2.33. The van der Waals surface area contributed by atoms with Crippen molar-refractivity contribution in [3.05, 3.63) is 60.1 Å². The molecule has 2 heterocycles. The van der Waals surface area contributed by atoms with E-state index in [0.29, 0.717) is 19.1 Å². The normalized spacial score (nSPS) is 16.8. The van der Waals surface area contributed by atoms with Crippen LogP contribution in [0.2, 0.25) is 0 Å². The van der Waals surface area contributed by atoms with E-state index >= 15 is 0 Å². The summed E-state index contributed by atoms with van der Waals surface area (Å²) in [6.45, 7) is 6.66. The molecule has 32 heavy (non-hydrogen) atoms. The van der Waals surface area contributed by atoms with E-state index in [2.05, 4.69) is 20.5 Å². The Morgan fingerprint density at radius 3 is 2.59 bits per heavy atom. The van der Waals surface area contributed by atoms with Crippen molar-refractivity contribution in [3.8, 4) is 0 Å². The summed E-state index contributed by atoms with van der Waals surface area (Å²) in [4.78, 5) is 7.03. The van der Waals surface area contributed by atoms with Crippen LogP contribution in [0.5, 0.6) is 0 Å². The SMILES string of the molecule is CCNC(=NCC(O)COCc1ccccc1)NCC(c1ccco1)N1CCCCC1.I. The van der Waals surface area contributed by atoms with Crippen LogP contribution < -0.4 is 10.6 Å². The van der Waals surface area contributed by atoms with Crippen LogP contribution in [0.3, 0.4) is 0 Å². The Labute approximate surface area is 208 Å². The Bertz CT molecular complexity index is 752. The maximum absolute atomic E-state index is 10.3. The number of halogens is 1. The molecule has 0 radical (unpaired) electrons. The third-order valence-electron chi connectivity index (χ3n) is 5.39. The Balaban J connectivity index is 0.00000363. The van der Waals surface area contributed by atoms with Gasteiger partial charge in [0.15, 0.2) is 5.96 Å². The van der Waals surface area contributed by atoms with Gasteiger partial charge in [-0.25, -0.2) is 0 Å². The van der Waals surface area contributed by atoms with Gasteiger partial charge in [0.05, 0.1) is 38.2 Å². The number of hydrogen-bond donors (Lipinski definition) is 3.